The van der Waals surface area contributed by atoms with E-state index in [2.05, 4.69) is 22.7 Å². The Morgan fingerprint density at radius 1 is 1.30 bits per heavy atom. The average Bonchev–Trinajstić information content (AvgIpc) is 3.37. The van der Waals surface area contributed by atoms with Crippen molar-refractivity contribution in [3.05, 3.63) is 59.2 Å². The zero-order chi connectivity index (χ0) is 18.1. The van der Waals surface area contributed by atoms with Gasteiger partial charge in [-0.3, -0.25) is 9.69 Å². The molecule has 1 saturated heterocycles. The summed E-state index contributed by atoms with van der Waals surface area (Å²) in [5, 5.41) is 4.03. The number of rotatable bonds is 5. The van der Waals surface area contributed by atoms with Gasteiger partial charge in [0.15, 0.2) is 5.78 Å². The smallest absolute Gasteiger partial charge is 0.157 e. The number of carbonyl (C=O) groups excluding carboxylic acids is 1. The largest absolute Gasteiger partial charge is 0.364 e. The maximum Gasteiger partial charge on any atom is 0.157 e. The second kappa shape index (κ2) is 8.59. The van der Waals surface area contributed by atoms with Crippen LogP contribution in [-0.2, 0) is 4.79 Å². The number of carbonyl (C=O) groups is 1. The van der Waals surface area contributed by atoms with Gasteiger partial charge in [0, 0.05) is 35.9 Å². The second-order valence-corrected chi connectivity index (χ2v) is 7.64. The molecule has 1 saturated carbocycles. The van der Waals surface area contributed by atoms with Gasteiger partial charge in [0.2, 0.25) is 0 Å². The van der Waals surface area contributed by atoms with E-state index in [1.165, 1.54) is 12.3 Å². The number of likely N-dealkylation sites (tertiary alicyclic amines) is 1. The maximum atomic E-state index is 14.5. The molecule has 2 heterocycles. The Hall–Kier alpha value is -1.63. The molecule has 7 heteroatoms. The van der Waals surface area contributed by atoms with Crippen molar-refractivity contribution in [2.45, 2.75) is 30.6 Å². The van der Waals surface area contributed by atoms with Crippen LogP contribution < -0.4 is 0 Å². The topological polar surface area (TPSA) is 46.3 Å². The Kier molecular flexibility index (Phi) is 6.40. The molecule has 144 valence electrons. The van der Waals surface area contributed by atoms with E-state index in [1.807, 2.05) is 6.08 Å². The van der Waals surface area contributed by atoms with E-state index in [9.17, 15) is 9.18 Å². The lowest BCUT2D eigenvalue weighted by molar-refractivity contribution is -0.126. The summed E-state index contributed by atoms with van der Waals surface area (Å²) in [5.41, 5.74) is 2.28. The SMILES string of the molecule is Cl.O=C(C1CC1)C(c1ccccc1F)N1CCC(S)/C(=C\c2ccon2)C1. The number of nitrogens with zero attached hydrogens (tertiary/aromatic N) is 2. The fraction of sp³-hybridized carbons (Fsp3) is 0.400. The summed E-state index contributed by atoms with van der Waals surface area (Å²) in [7, 11) is 0. The first-order chi connectivity index (χ1) is 12.6. The number of Topliss-reactive ketones (excluding diaryl/α,β-unsaturated/α-hetero) is 1. The van der Waals surface area contributed by atoms with Crippen LogP contribution in [0, 0.1) is 11.7 Å². The van der Waals surface area contributed by atoms with Crippen molar-refractivity contribution in [3.8, 4) is 0 Å². The molecular formula is C20H22ClFN2O2S. The Morgan fingerprint density at radius 2 is 2.07 bits per heavy atom. The third-order valence-corrected chi connectivity index (χ3v) is 5.70. The fourth-order valence-corrected chi connectivity index (χ4v) is 3.83. The minimum absolute atomic E-state index is 0. The molecule has 4 nitrogen and oxygen atoms in total. The average molecular weight is 409 g/mol. The normalized spacial score (nSPS) is 23.0. The van der Waals surface area contributed by atoms with Gasteiger partial charge in [0.1, 0.15) is 17.8 Å². The molecular weight excluding hydrogens is 387 g/mol. The molecule has 0 bridgehead atoms. The number of ketones is 1. The predicted molar refractivity (Wildman–Crippen MR) is 108 cm³/mol. The highest BCUT2D eigenvalue weighted by molar-refractivity contribution is 7.81. The van der Waals surface area contributed by atoms with Crippen LogP contribution in [0.25, 0.3) is 6.08 Å². The van der Waals surface area contributed by atoms with Gasteiger partial charge < -0.3 is 4.52 Å². The third-order valence-electron chi connectivity index (χ3n) is 5.11. The van der Waals surface area contributed by atoms with Gasteiger partial charge in [-0.2, -0.15) is 12.6 Å². The molecule has 1 aromatic heterocycles. The first kappa shape index (κ1) is 20.1. The van der Waals surface area contributed by atoms with Crippen molar-refractivity contribution >= 4 is 36.9 Å². The Balaban J connectivity index is 0.00000210. The van der Waals surface area contributed by atoms with E-state index in [1.54, 1.807) is 24.3 Å². The van der Waals surface area contributed by atoms with E-state index in [4.69, 9.17) is 4.52 Å². The Labute approximate surface area is 169 Å². The number of hydrogen-bond donors (Lipinski definition) is 1. The monoisotopic (exact) mass is 408 g/mol. The summed E-state index contributed by atoms with van der Waals surface area (Å²) >= 11 is 4.68. The summed E-state index contributed by atoms with van der Waals surface area (Å²) in [5.74, 6) is -0.119. The molecule has 2 unspecified atom stereocenters. The number of thiol groups is 1. The van der Waals surface area contributed by atoms with Crippen LogP contribution in [0.2, 0.25) is 0 Å². The summed E-state index contributed by atoms with van der Waals surface area (Å²) in [6.07, 6.45) is 6.10. The van der Waals surface area contributed by atoms with E-state index in [0.29, 0.717) is 18.7 Å². The molecule has 0 radical (unpaired) electrons. The van der Waals surface area contributed by atoms with E-state index in [-0.39, 0.29) is 35.2 Å². The van der Waals surface area contributed by atoms with Gasteiger partial charge in [-0.05, 0) is 37.0 Å². The van der Waals surface area contributed by atoms with Crippen LogP contribution in [0.15, 0.2) is 46.7 Å². The number of aromatic nitrogens is 1. The molecule has 1 aliphatic carbocycles. The number of piperidine rings is 1. The van der Waals surface area contributed by atoms with Crippen LogP contribution in [0.1, 0.15) is 36.6 Å². The highest BCUT2D eigenvalue weighted by Gasteiger charge is 2.40. The van der Waals surface area contributed by atoms with Crippen LogP contribution >= 0.6 is 25.0 Å². The van der Waals surface area contributed by atoms with Crippen LogP contribution in [0.4, 0.5) is 4.39 Å². The second-order valence-electron chi connectivity index (χ2n) is 7.02. The Morgan fingerprint density at radius 3 is 2.74 bits per heavy atom. The number of halogens is 2. The van der Waals surface area contributed by atoms with Crippen molar-refractivity contribution in [2.75, 3.05) is 13.1 Å². The standard InChI is InChI=1S/C20H21FN2O2S.ClH/c21-17-4-2-1-3-16(17)19(20(24)13-5-6-13)23-9-7-18(26)14(12-23)11-15-8-10-25-22-15;/h1-4,8,10-11,13,18-19,26H,5-7,9,12H2;1H/b14-11-;. The van der Waals surface area contributed by atoms with Gasteiger partial charge in [-0.25, -0.2) is 4.39 Å². The molecule has 1 aliphatic heterocycles. The number of hydrogen-bond acceptors (Lipinski definition) is 5. The molecule has 4 rings (SSSR count). The lowest BCUT2D eigenvalue weighted by Crippen LogP contribution is -2.42. The maximum absolute atomic E-state index is 14.5. The quantitative estimate of drug-likeness (QED) is 0.747. The Bertz CT molecular complexity index is 823. The van der Waals surface area contributed by atoms with Gasteiger partial charge in [0.25, 0.3) is 0 Å². The van der Waals surface area contributed by atoms with Crippen LogP contribution in [-0.4, -0.2) is 34.2 Å². The first-order valence-electron chi connectivity index (χ1n) is 8.94. The molecule has 0 spiro atoms. The summed E-state index contributed by atoms with van der Waals surface area (Å²) in [6, 6.07) is 7.87. The molecule has 2 aromatic rings. The van der Waals surface area contributed by atoms with Gasteiger partial charge in [-0.15, -0.1) is 12.4 Å². The zero-order valence-electron chi connectivity index (χ0n) is 14.8. The molecule has 27 heavy (non-hydrogen) atoms. The highest BCUT2D eigenvalue weighted by atomic mass is 35.5. The van der Waals surface area contributed by atoms with Crippen LogP contribution in [0.5, 0.6) is 0 Å². The molecule has 2 atom stereocenters. The van der Waals surface area contributed by atoms with Gasteiger partial charge in [-0.1, -0.05) is 23.4 Å². The van der Waals surface area contributed by atoms with Crippen LogP contribution in [0.3, 0.4) is 0 Å². The predicted octanol–water partition coefficient (Wildman–Crippen LogP) is 4.34. The van der Waals surface area contributed by atoms with Gasteiger partial charge >= 0.3 is 0 Å². The van der Waals surface area contributed by atoms with Gasteiger partial charge in [0.05, 0.1) is 6.04 Å². The molecule has 0 amide bonds. The van der Waals surface area contributed by atoms with E-state index < -0.39 is 6.04 Å². The lowest BCUT2D eigenvalue weighted by atomic mass is 9.93. The first-order valence-corrected chi connectivity index (χ1v) is 9.46. The summed E-state index contributed by atoms with van der Waals surface area (Å²) < 4.78 is 19.4. The van der Waals surface area contributed by atoms with Crippen molar-refractivity contribution in [2.24, 2.45) is 5.92 Å². The van der Waals surface area contributed by atoms with Crippen molar-refractivity contribution in [1.82, 2.24) is 10.1 Å². The van der Waals surface area contributed by atoms with Crippen molar-refractivity contribution in [1.29, 1.82) is 0 Å². The minimum Gasteiger partial charge on any atom is -0.364 e. The molecule has 0 N–H and O–H groups in total. The van der Waals surface area contributed by atoms with E-state index >= 15 is 0 Å². The van der Waals surface area contributed by atoms with Crippen molar-refractivity contribution in [3.63, 3.8) is 0 Å². The minimum atomic E-state index is -0.537. The summed E-state index contributed by atoms with van der Waals surface area (Å²) in [6.45, 7) is 1.28. The zero-order valence-corrected chi connectivity index (χ0v) is 16.5. The number of benzene rings is 1. The molecule has 2 fully saturated rings. The lowest BCUT2D eigenvalue weighted by Gasteiger charge is -2.37. The molecule has 2 aliphatic rings. The van der Waals surface area contributed by atoms with Crippen molar-refractivity contribution < 1.29 is 13.7 Å². The third kappa shape index (κ3) is 4.45. The van der Waals surface area contributed by atoms with E-state index in [0.717, 1.165) is 30.5 Å². The molecule has 1 aromatic carbocycles. The highest BCUT2D eigenvalue weighted by Crippen LogP contribution is 2.39. The fourth-order valence-electron chi connectivity index (χ4n) is 3.56. The summed E-state index contributed by atoms with van der Waals surface area (Å²) in [4.78, 5) is 15.1.